The molecule has 1 aromatic heterocycles. The van der Waals surface area contributed by atoms with Gasteiger partial charge in [0, 0.05) is 17.1 Å². The van der Waals surface area contributed by atoms with E-state index in [1.807, 2.05) is 24.3 Å². The van der Waals surface area contributed by atoms with Crippen LogP contribution >= 0.6 is 34.2 Å². The first kappa shape index (κ1) is 15.5. The third-order valence-electron chi connectivity index (χ3n) is 2.85. The fraction of sp³-hybridized carbons (Fsp3) is 0.333. The SMILES string of the molecule is CCNc1nc(-c2cccc(Cl)c2)nc(C(C)C)c1I. The summed E-state index contributed by atoms with van der Waals surface area (Å²) in [5.41, 5.74) is 2.00. The summed E-state index contributed by atoms with van der Waals surface area (Å²) in [5, 5.41) is 4.00. The summed E-state index contributed by atoms with van der Waals surface area (Å²) in [6.45, 7) is 7.18. The molecule has 0 bridgehead atoms. The van der Waals surface area contributed by atoms with Crippen molar-refractivity contribution in [2.45, 2.75) is 26.7 Å². The minimum absolute atomic E-state index is 0.347. The maximum Gasteiger partial charge on any atom is 0.161 e. The first-order chi connectivity index (χ1) is 9.52. The van der Waals surface area contributed by atoms with Gasteiger partial charge >= 0.3 is 0 Å². The summed E-state index contributed by atoms with van der Waals surface area (Å²) in [6.07, 6.45) is 0. The van der Waals surface area contributed by atoms with Crippen LogP contribution in [0.4, 0.5) is 5.82 Å². The molecule has 3 nitrogen and oxygen atoms in total. The van der Waals surface area contributed by atoms with Gasteiger partial charge in [-0.1, -0.05) is 37.6 Å². The molecule has 0 radical (unpaired) electrons. The molecule has 1 N–H and O–H groups in total. The number of halogens is 2. The second kappa shape index (κ2) is 6.72. The van der Waals surface area contributed by atoms with Gasteiger partial charge in [-0.3, -0.25) is 0 Å². The van der Waals surface area contributed by atoms with Crippen LogP contribution in [0.5, 0.6) is 0 Å². The number of nitrogens with zero attached hydrogens (tertiary/aromatic N) is 2. The quantitative estimate of drug-likeness (QED) is 0.736. The van der Waals surface area contributed by atoms with Crippen LogP contribution in [0.2, 0.25) is 5.02 Å². The molecule has 0 aliphatic rings. The van der Waals surface area contributed by atoms with E-state index in [0.717, 1.165) is 27.2 Å². The molecule has 20 heavy (non-hydrogen) atoms. The number of hydrogen-bond donors (Lipinski definition) is 1. The van der Waals surface area contributed by atoms with Gasteiger partial charge in [-0.2, -0.15) is 0 Å². The zero-order valence-corrected chi connectivity index (χ0v) is 14.7. The lowest BCUT2D eigenvalue weighted by Crippen LogP contribution is -2.09. The Morgan fingerprint density at radius 3 is 2.65 bits per heavy atom. The van der Waals surface area contributed by atoms with E-state index in [9.17, 15) is 0 Å². The Labute approximate surface area is 138 Å². The number of anilines is 1. The van der Waals surface area contributed by atoms with Crippen LogP contribution in [0.25, 0.3) is 11.4 Å². The Hall–Kier alpha value is -0.880. The van der Waals surface area contributed by atoms with E-state index >= 15 is 0 Å². The van der Waals surface area contributed by atoms with Gasteiger partial charge < -0.3 is 5.32 Å². The maximum atomic E-state index is 6.06. The Balaban J connectivity index is 2.58. The summed E-state index contributed by atoms with van der Waals surface area (Å²) in [4.78, 5) is 9.34. The van der Waals surface area contributed by atoms with Crippen LogP contribution in [0.15, 0.2) is 24.3 Å². The molecule has 0 unspecified atom stereocenters. The minimum Gasteiger partial charge on any atom is -0.369 e. The molecule has 0 amide bonds. The molecule has 1 heterocycles. The van der Waals surface area contributed by atoms with E-state index < -0.39 is 0 Å². The zero-order chi connectivity index (χ0) is 14.7. The van der Waals surface area contributed by atoms with Crippen molar-refractivity contribution in [3.8, 4) is 11.4 Å². The van der Waals surface area contributed by atoms with E-state index in [2.05, 4.69) is 53.7 Å². The average molecular weight is 402 g/mol. The second-order valence-corrected chi connectivity index (χ2v) is 6.31. The molecule has 0 aliphatic heterocycles. The standard InChI is InChI=1S/C15H17ClIN3/c1-4-18-15-12(17)13(9(2)3)19-14(20-15)10-6-5-7-11(16)8-10/h5-9H,4H2,1-3H3,(H,18,19,20). The topological polar surface area (TPSA) is 37.8 Å². The zero-order valence-electron chi connectivity index (χ0n) is 11.7. The van der Waals surface area contributed by atoms with Gasteiger partial charge in [0.25, 0.3) is 0 Å². The molecule has 0 fully saturated rings. The third-order valence-corrected chi connectivity index (χ3v) is 4.15. The first-order valence-corrected chi connectivity index (χ1v) is 8.05. The highest BCUT2D eigenvalue weighted by molar-refractivity contribution is 14.1. The lowest BCUT2D eigenvalue weighted by Gasteiger charge is -2.14. The smallest absolute Gasteiger partial charge is 0.161 e. The van der Waals surface area contributed by atoms with Crippen molar-refractivity contribution in [2.75, 3.05) is 11.9 Å². The molecule has 106 valence electrons. The van der Waals surface area contributed by atoms with E-state index in [1.54, 1.807) is 0 Å². The fourth-order valence-corrected chi connectivity index (χ4v) is 3.13. The van der Waals surface area contributed by atoms with Crippen LogP contribution in [0, 0.1) is 3.57 Å². The molecule has 0 aliphatic carbocycles. The highest BCUT2D eigenvalue weighted by Crippen LogP contribution is 2.29. The van der Waals surface area contributed by atoms with E-state index in [4.69, 9.17) is 16.6 Å². The van der Waals surface area contributed by atoms with Gasteiger partial charge in [0.1, 0.15) is 5.82 Å². The Morgan fingerprint density at radius 1 is 1.30 bits per heavy atom. The van der Waals surface area contributed by atoms with Crippen LogP contribution in [0.3, 0.4) is 0 Å². The van der Waals surface area contributed by atoms with Crippen molar-refractivity contribution in [2.24, 2.45) is 0 Å². The van der Waals surface area contributed by atoms with Crippen LogP contribution < -0.4 is 5.32 Å². The Morgan fingerprint density at radius 2 is 2.05 bits per heavy atom. The third kappa shape index (κ3) is 3.41. The molecular weight excluding hydrogens is 385 g/mol. The molecule has 0 saturated carbocycles. The molecular formula is C15H17ClIN3. The number of aromatic nitrogens is 2. The van der Waals surface area contributed by atoms with Gasteiger partial charge in [0.2, 0.25) is 0 Å². The predicted octanol–water partition coefficient (Wildman–Crippen LogP) is 4.96. The second-order valence-electron chi connectivity index (χ2n) is 4.79. The van der Waals surface area contributed by atoms with Crippen LogP contribution in [0.1, 0.15) is 32.4 Å². The number of nitrogens with one attached hydrogen (secondary N) is 1. The van der Waals surface area contributed by atoms with Crippen LogP contribution in [-0.4, -0.2) is 16.5 Å². The van der Waals surface area contributed by atoms with E-state index in [0.29, 0.717) is 16.8 Å². The van der Waals surface area contributed by atoms with E-state index in [-0.39, 0.29) is 0 Å². The summed E-state index contributed by atoms with van der Waals surface area (Å²) in [5.74, 6) is 1.95. The van der Waals surface area contributed by atoms with Gasteiger partial charge in [0.05, 0.1) is 9.26 Å². The first-order valence-electron chi connectivity index (χ1n) is 6.60. The lowest BCUT2D eigenvalue weighted by atomic mass is 10.1. The molecule has 1 aromatic carbocycles. The summed E-state index contributed by atoms with van der Waals surface area (Å²) < 4.78 is 1.09. The monoisotopic (exact) mass is 401 g/mol. The average Bonchev–Trinajstić information content (AvgIpc) is 2.41. The highest BCUT2D eigenvalue weighted by Gasteiger charge is 2.15. The largest absolute Gasteiger partial charge is 0.369 e. The van der Waals surface area contributed by atoms with Gasteiger partial charge in [-0.15, -0.1) is 0 Å². The Kier molecular flexibility index (Phi) is 5.21. The van der Waals surface area contributed by atoms with Crippen molar-refractivity contribution in [3.05, 3.63) is 38.6 Å². The fourth-order valence-electron chi connectivity index (χ4n) is 1.89. The van der Waals surface area contributed by atoms with Gasteiger partial charge in [0.15, 0.2) is 5.82 Å². The predicted molar refractivity (Wildman–Crippen MR) is 93.4 cm³/mol. The molecule has 0 spiro atoms. The molecule has 5 heteroatoms. The highest BCUT2D eigenvalue weighted by atomic mass is 127. The maximum absolute atomic E-state index is 6.06. The summed E-state index contributed by atoms with van der Waals surface area (Å²) in [7, 11) is 0. The Bertz CT molecular complexity index is 614. The number of rotatable bonds is 4. The number of benzene rings is 1. The summed E-state index contributed by atoms with van der Waals surface area (Å²) in [6, 6.07) is 7.64. The van der Waals surface area contributed by atoms with Crippen LogP contribution in [-0.2, 0) is 0 Å². The van der Waals surface area contributed by atoms with Crippen molar-refractivity contribution >= 4 is 40.0 Å². The summed E-state index contributed by atoms with van der Waals surface area (Å²) >= 11 is 8.37. The van der Waals surface area contributed by atoms with Crippen molar-refractivity contribution in [1.82, 2.24) is 9.97 Å². The minimum atomic E-state index is 0.347. The van der Waals surface area contributed by atoms with Gasteiger partial charge in [-0.05, 0) is 47.6 Å². The molecule has 2 rings (SSSR count). The lowest BCUT2D eigenvalue weighted by molar-refractivity contribution is 0.808. The molecule has 0 saturated heterocycles. The number of hydrogen-bond acceptors (Lipinski definition) is 3. The normalized spacial score (nSPS) is 10.9. The molecule has 0 atom stereocenters. The van der Waals surface area contributed by atoms with Gasteiger partial charge in [-0.25, -0.2) is 9.97 Å². The van der Waals surface area contributed by atoms with E-state index in [1.165, 1.54) is 0 Å². The van der Waals surface area contributed by atoms with Crippen molar-refractivity contribution < 1.29 is 0 Å². The van der Waals surface area contributed by atoms with Crippen molar-refractivity contribution in [1.29, 1.82) is 0 Å². The van der Waals surface area contributed by atoms with Crippen molar-refractivity contribution in [3.63, 3.8) is 0 Å². The molecule has 2 aromatic rings.